The summed E-state index contributed by atoms with van der Waals surface area (Å²) in [4.78, 5) is 22.4. The number of aromatic carboxylic acids is 1. The highest BCUT2D eigenvalue weighted by molar-refractivity contribution is 5.92. The zero-order valence-corrected chi connectivity index (χ0v) is 9.36. The van der Waals surface area contributed by atoms with Crippen LogP contribution in [0.15, 0.2) is 18.2 Å². The van der Waals surface area contributed by atoms with Crippen molar-refractivity contribution in [3.63, 3.8) is 0 Å². The fourth-order valence-electron chi connectivity index (χ4n) is 1.33. The van der Waals surface area contributed by atoms with E-state index < -0.39 is 18.0 Å². The summed E-state index contributed by atoms with van der Waals surface area (Å²) < 4.78 is 0. The average molecular weight is 250 g/mol. The van der Waals surface area contributed by atoms with Crippen LogP contribution in [0.3, 0.4) is 0 Å². The van der Waals surface area contributed by atoms with Crippen LogP contribution in [0.25, 0.3) is 11.0 Å². The van der Waals surface area contributed by atoms with Crippen molar-refractivity contribution in [1.82, 2.24) is 15.1 Å². The van der Waals surface area contributed by atoms with Gasteiger partial charge in [-0.15, -0.1) is 10.2 Å². The van der Waals surface area contributed by atoms with E-state index in [0.29, 0.717) is 11.0 Å². The molecular formula is C10H10N4O4. The van der Waals surface area contributed by atoms with E-state index in [1.807, 2.05) is 0 Å². The quantitative estimate of drug-likeness (QED) is 0.706. The predicted octanol–water partition coefficient (Wildman–Crippen LogP) is 0.146. The first-order chi connectivity index (χ1) is 8.47. The molecule has 8 nitrogen and oxygen atoms in total. The van der Waals surface area contributed by atoms with Gasteiger partial charge in [0.2, 0.25) is 0 Å². The van der Waals surface area contributed by atoms with Gasteiger partial charge in [-0.1, -0.05) is 4.91 Å². The Labute approximate surface area is 101 Å². The Balaban J connectivity index is 2.32. The molecule has 2 rings (SSSR count). The smallest absolute Gasteiger partial charge is 0.335 e. The molecule has 1 aromatic heterocycles. The first-order valence-corrected chi connectivity index (χ1v) is 5.07. The number of nitrogens with zero attached hydrogens (tertiary/aromatic N) is 3. The molecule has 94 valence electrons. The maximum Gasteiger partial charge on any atom is 0.335 e. The van der Waals surface area contributed by atoms with Gasteiger partial charge < -0.3 is 10.2 Å². The van der Waals surface area contributed by atoms with Crippen molar-refractivity contribution in [2.24, 2.45) is 0 Å². The van der Waals surface area contributed by atoms with Crippen LogP contribution in [0, 0.1) is 0 Å². The minimum absolute atomic E-state index is 0.0980. The highest BCUT2D eigenvalue weighted by atomic mass is 16.4. The molecule has 1 atom stereocenters. The molecule has 0 aliphatic heterocycles. The standard InChI is InChI=1S/C10H10N4O4/c1-5(9(15)16)11-14-12-7-3-2-6(10(17)18)4-8(7)13-14/h2-5,11H,1H3,(H,15,16)(H,17,18)/t5-/m0/s1. The average Bonchev–Trinajstić information content (AvgIpc) is 2.69. The van der Waals surface area contributed by atoms with Gasteiger partial charge in [-0.2, -0.15) is 0 Å². The van der Waals surface area contributed by atoms with Gasteiger partial charge in [0.15, 0.2) is 0 Å². The molecule has 0 saturated carbocycles. The lowest BCUT2D eigenvalue weighted by Crippen LogP contribution is -2.33. The third-order valence-corrected chi connectivity index (χ3v) is 2.31. The van der Waals surface area contributed by atoms with Gasteiger partial charge in [-0.05, 0) is 25.1 Å². The molecule has 18 heavy (non-hydrogen) atoms. The number of nitrogens with one attached hydrogen (secondary N) is 1. The van der Waals surface area contributed by atoms with E-state index in [2.05, 4.69) is 15.6 Å². The highest BCUT2D eigenvalue weighted by Crippen LogP contribution is 2.11. The van der Waals surface area contributed by atoms with E-state index in [-0.39, 0.29) is 5.56 Å². The molecule has 0 aliphatic carbocycles. The number of rotatable bonds is 4. The Bertz CT molecular complexity index is 621. The van der Waals surface area contributed by atoms with Crippen molar-refractivity contribution >= 4 is 23.0 Å². The molecule has 0 saturated heterocycles. The van der Waals surface area contributed by atoms with Gasteiger partial charge in [-0.3, -0.25) is 5.43 Å². The molecule has 0 radical (unpaired) electrons. The third kappa shape index (κ3) is 2.21. The van der Waals surface area contributed by atoms with Crippen molar-refractivity contribution < 1.29 is 19.8 Å². The fourth-order valence-corrected chi connectivity index (χ4v) is 1.33. The number of carboxylic acids is 2. The maximum atomic E-state index is 10.8. The summed E-state index contributed by atoms with van der Waals surface area (Å²) in [6.07, 6.45) is 0. The minimum Gasteiger partial charge on any atom is -0.480 e. The summed E-state index contributed by atoms with van der Waals surface area (Å²) in [5.74, 6) is -2.10. The summed E-state index contributed by atoms with van der Waals surface area (Å²) in [5.41, 5.74) is 3.48. The molecule has 3 N–H and O–H groups in total. The number of aliphatic carboxylic acids is 1. The van der Waals surface area contributed by atoms with Gasteiger partial charge in [-0.25, -0.2) is 9.59 Å². The summed E-state index contributed by atoms with van der Waals surface area (Å²) in [7, 11) is 0. The van der Waals surface area contributed by atoms with Gasteiger partial charge in [0.1, 0.15) is 17.1 Å². The van der Waals surface area contributed by atoms with Crippen molar-refractivity contribution in [2.45, 2.75) is 13.0 Å². The van der Waals surface area contributed by atoms with E-state index in [1.54, 1.807) is 0 Å². The zero-order chi connectivity index (χ0) is 13.3. The summed E-state index contributed by atoms with van der Waals surface area (Å²) in [6, 6.07) is 3.43. The molecule has 1 aromatic carbocycles. The topological polar surface area (TPSA) is 117 Å². The number of hydrogen-bond donors (Lipinski definition) is 3. The van der Waals surface area contributed by atoms with Gasteiger partial charge in [0.05, 0.1) is 5.56 Å². The molecular weight excluding hydrogens is 240 g/mol. The van der Waals surface area contributed by atoms with Gasteiger partial charge in [0, 0.05) is 0 Å². The Morgan fingerprint density at radius 1 is 1.28 bits per heavy atom. The lowest BCUT2D eigenvalue weighted by atomic mass is 10.2. The molecule has 8 heteroatoms. The minimum atomic E-state index is -1.06. The molecule has 0 aliphatic rings. The number of hydrogen-bond acceptors (Lipinski definition) is 5. The van der Waals surface area contributed by atoms with Crippen molar-refractivity contribution in [2.75, 3.05) is 5.43 Å². The number of carbonyl (C=O) groups is 2. The largest absolute Gasteiger partial charge is 0.480 e. The number of carboxylic acid groups (broad SMARTS) is 2. The van der Waals surface area contributed by atoms with Crippen LogP contribution in [0.4, 0.5) is 0 Å². The summed E-state index contributed by atoms with van der Waals surface area (Å²) >= 11 is 0. The Hall–Kier alpha value is -2.64. The van der Waals surface area contributed by atoms with Gasteiger partial charge in [0.25, 0.3) is 0 Å². The van der Waals surface area contributed by atoms with Crippen LogP contribution in [0.5, 0.6) is 0 Å². The van der Waals surface area contributed by atoms with Crippen LogP contribution in [-0.2, 0) is 4.79 Å². The first kappa shape index (κ1) is 11.8. The molecule has 1 heterocycles. The molecule has 0 unspecified atom stereocenters. The lowest BCUT2D eigenvalue weighted by Gasteiger charge is -2.07. The monoisotopic (exact) mass is 250 g/mol. The first-order valence-electron chi connectivity index (χ1n) is 5.07. The van der Waals surface area contributed by atoms with E-state index in [4.69, 9.17) is 10.2 Å². The Morgan fingerprint density at radius 2 is 1.94 bits per heavy atom. The van der Waals surface area contributed by atoms with E-state index in [1.165, 1.54) is 25.1 Å². The van der Waals surface area contributed by atoms with Crippen LogP contribution >= 0.6 is 0 Å². The Kier molecular flexibility index (Phi) is 2.84. The van der Waals surface area contributed by atoms with Gasteiger partial charge >= 0.3 is 11.9 Å². The Morgan fingerprint density at radius 3 is 2.56 bits per heavy atom. The van der Waals surface area contributed by atoms with Crippen molar-refractivity contribution in [3.8, 4) is 0 Å². The van der Waals surface area contributed by atoms with Crippen LogP contribution in [0.1, 0.15) is 17.3 Å². The fraction of sp³-hybridized carbons (Fsp3) is 0.200. The number of benzene rings is 1. The number of fused-ring (bicyclic) bond motifs is 1. The predicted molar refractivity (Wildman–Crippen MR) is 60.9 cm³/mol. The SMILES string of the molecule is C[C@H](Nn1nc2ccc(C(=O)O)cc2n1)C(=O)O. The lowest BCUT2D eigenvalue weighted by molar-refractivity contribution is -0.137. The summed E-state index contributed by atoms with van der Waals surface area (Å²) in [5, 5.41) is 25.5. The van der Waals surface area contributed by atoms with Crippen LogP contribution in [-0.4, -0.2) is 43.3 Å². The third-order valence-electron chi connectivity index (χ3n) is 2.31. The van der Waals surface area contributed by atoms with Crippen molar-refractivity contribution in [1.29, 1.82) is 0 Å². The molecule has 0 fully saturated rings. The number of aromatic nitrogens is 3. The summed E-state index contributed by atoms with van der Waals surface area (Å²) in [6.45, 7) is 1.44. The zero-order valence-electron chi connectivity index (χ0n) is 9.36. The van der Waals surface area contributed by atoms with E-state index in [0.717, 1.165) is 4.91 Å². The molecule has 0 spiro atoms. The van der Waals surface area contributed by atoms with E-state index >= 15 is 0 Å². The second kappa shape index (κ2) is 4.32. The second-order valence-corrected chi connectivity index (χ2v) is 3.69. The second-order valence-electron chi connectivity index (χ2n) is 3.69. The van der Waals surface area contributed by atoms with Crippen LogP contribution < -0.4 is 5.43 Å². The normalized spacial score (nSPS) is 12.3. The van der Waals surface area contributed by atoms with E-state index in [9.17, 15) is 9.59 Å². The molecule has 0 amide bonds. The molecule has 2 aromatic rings. The highest BCUT2D eigenvalue weighted by Gasteiger charge is 2.13. The maximum absolute atomic E-state index is 10.8. The molecule has 0 bridgehead atoms. The van der Waals surface area contributed by atoms with Crippen molar-refractivity contribution in [3.05, 3.63) is 23.8 Å². The van der Waals surface area contributed by atoms with Crippen LogP contribution in [0.2, 0.25) is 0 Å².